The molecule has 0 unspecified atom stereocenters. The highest BCUT2D eigenvalue weighted by Crippen LogP contribution is 2.11. The maximum Gasteiger partial charge on any atom is 0.262 e. The molecule has 0 fully saturated rings. The lowest BCUT2D eigenvalue weighted by Crippen LogP contribution is -2.11. The number of H-pyrrole nitrogens is 1. The number of rotatable bonds is 4. The molecule has 0 aromatic carbocycles. The van der Waals surface area contributed by atoms with Gasteiger partial charge in [-0.05, 0) is 25.1 Å². The van der Waals surface area contributed by atoms with Gasteiger partial charge in [-0.2, -0.15) is 14.9 Å². The predicted molar refractivity (Wildman–Crippen MR) is 91.9 cm³/mol. The van der Waals surface area contributed by atoms with Gasteiger partial charge in [0.15, 0.2) is 5.65 Å². The zero-order chi connectivity index (χ0) is 17.2. The fourth-order valence-electron chi connectivity index (χ4n) is 2.38. The van der Waals surface area contributed by atoms with Crippen molar-refractivity contribution in [3.05, 3.63) is 58.8 Å². The Kier molecular flexibility index (Phi) is 3.65. The molecule has 0 aliphatic rings. The van der Waals surface area contributed by atoms with E-state index in [9.17, 15) is 4.79 Å². The van der Waals surface area contributed by atoms with Crippen molar-refractivity contribution in [3.63, 3.8) is 0 Å². The van der Waals surface area contributed by atoms with Crippen molar-refractivity contribution in [2.24, 2.45) is 0 Å². The summed E-state index contributed by atoms with van der Waals surface area (Å²) in [6.07, 6.45) is 11.9. The monoisotopic (exact) mass is 334 g/mol. The molecule has 9 heteroatoms. The van der Waals surface area contributed by atoms with E-state index in [2.05, 4.69) is 30.1 Å². The van der Waals surface area contributed by atoms with E-state index < -0.39 is 0 Å². The van der Waals surface area contributed by atoms with Crippen LogP contribution in [0.3, 0.4) is 0 Å². The van der Waals surface area contributed by atoms with Crippen LogP contribution in [0.15, 0.2) is 41.8 Å². The van der Waals surface area contributed by atoms with Crippen molar-refractivity contribution >= 4 is 23.2 Å². The molecule has 4 aromatic rings. The van der Waals surface area contributed by atoms with Crippen LogP contribution in [0.4, 0.5) is 0 Å². The van der Waals surface area contributed by atoms with E-state index in [0.29, 0.717) is 22.8 Å². The summed E-state index contributed by atoms with van der Waals surface area (Å²) in [6.45, 7) is 2.81. The number of nitrogens with zero attached hydrogens (tertiary/aromatic N) is 7. The Morgan fingerprint density at radius 2 is 2.00 bits per heavy atom. The molecule has 4 rings (SSSR count). The molecule has 4 heterocycles. The molecule has 0 atom stereocenters. The first-order chi connectivity index (χ1) is 12.2. The minimum absolute atomic E-state index is 0.268. The molecule has 4 aromatic heterocycles. The smallest absolute Gasteiger partial charge is 0.262 e. The van der Waals surface area contributed by atoms with E-state index in [4.69, 9.17) is 0 Å². The van der Waals surface area contributed by atoms with Crippen LogP contribution in [0.1, 0.15) is 18.3 Å². The van der Waals surface area contributed by atoms with Gasteiger partial charge in [0.1, 0.15) is 11.2 Å². The first kappa shape index (κ1) is 14.9. The Morgan fingerprint density at radius 3 is 2.76 bits per heavy atom. The van der Waals surface area contributed by atoms with Gasteiger partial charge in [-0.3, -0.25) is 9.48 Å². The lowest BCUT2D eigenvalue weighted by Gasteiger charge is -2.00. The highest BCUT2D eigenvalue weighted by atomic mass is 16.1. The SMILES string of the molecule is CCn1cc(C=Cc2nc3c(cnn3-c3ncccn3)c(=O)[nH]2)cn1. The fraction of sp³-hybridized carbons (Fsp3) is 0.125. The second kappa shape index (κ2) is 6.11. The van der Waals surface area contributed by atoms with Gasteiger partial charge in [0.05, 0.1) is 12.4 Å². The number of hydrogen-bond donors (Lipinski definition) is 1. The topological polar surface area (TPSA) is 107 Å². The lowest BCUT2D eigenvalue weighted by molar-refractivity contribution is 0.660. The molecule has 1 N–H and O–H groups in total. The minimum Gasteiger partial charge on any atom is -0.306 e. The molecular weight excluding hydrogens is 320 g/mol. The maximum atomic E-state index is 12.3. The Hall–Kier alpha value is -3.62. The third-order valence-corrected chi connectivity index (χ3v) is 3.61. The maximum absolute atomic E-state index is 12.3. The number of aromatic nitrogens is 8. The summed E-state index contributed by atoms with van der Waals surface area (Å²) in [5, 5.41) is 8.75. The molecule has 0 saturated carbocycles. The zero-order valence-electron chi connectivity index (χ0n) is 13.4. The second-order valence-electron chi connectivity index (χ2n) is 5.26. The summed E-state index contributed by atoms with van der Waals surface area (Å²) < 4.78 is 3.26. The fourth-order valence-corrected chi connectivity index (χ4v) is 2.38. The first-order valence-electron chi connectivity index (χ1n) is 7.70. The van der Waals surface area contributed by atoms with Crippen LogP contribution in [0, 0.1) is 0 Å². The Bertz CT molecular complexity index is 1110. The molecule has 25 heavy (non-hydrogen) atoms. The van der Waals surface area contributed by atoms with Gasteiger partial charge < -0.3 is 4.98 Å². The van der Waals surface area contributed by atoms with Crippen molar-refractivity contribution in [1.82, 2.24) is 39.5 Å². The van der Waals surface area contributed by atoms with E-state index in [0.717, 1.165) is 12.1 Å². The summed E-state index contributed by atoms with van der Waals surface area (Å²) in [5.74, 6) is 0.772. The average Bonchev–Trinajstić information content (AvgIpc) is 3.27. The van der Waals surface area contributed by atoms with Gasteiger partial charge in [-0.15, -0.1) is 0 Å². The molecular formula is C16H14N8O. The standard InChI is InChI=1S/C16H14N8O/c1-2-23-10-11(8-19-23)4-5-13-21-14-12(15(25)22-13)9-20-24(14)16-17-6-3-7-18-16/h3-10H,2H2,1H3,(H,21,22,25). The molecule has 124 valence electrons. The van der Waals surface area contributed by atoms with Gasteiger partial charge in [-0.25, -0.2) is 15.0 Å². The van der Waals surface area contributed by atoms with E-state index in [-0.39, 0.29) is 5.56 Å². The van der Waals surface area contributed by atoms with Gasteiger partial charge in [0, 0.05) is 30.7 Å². The minimum atomic E-state index is -0.268. The molecule has 0 spiro atoms. The predicted octanol–water partition coefficient (Wildman–Crippen LogP) is 1.29. The zero-order valence-corrected chi connectivity index (χ0v) is 13.4. The summed E-state index contributed by atoms with van der Waals surface area (Å²) >= 11 is 0. The van der Waals surface area contributed by atoms with E-state index in [1.165, 1.54) is 10.9 Å². The number of hydrogen-bond acceptors (Lipinski definition) is 6. The number of aromatic amines is 1. The van der Waals surface area contributed by atoms with Crippen LogP contribution >= 0.6 is 0 Å². The summed E-state index contributed by atoms with van der Waals surface area (Å²) in [6, 6.07) is 1.71. The van der Waals surface area contributed by atoms with Crippen LogP contribution in [0.5, 0.6) is 0 Å². The average molecular weight is 334 g/mol. The molecule has 9 nitrogen and oxygen atoms in total. The van der Waals surface area contributed by atoms with E-state index in [1.54, 1.807) is 30.7 Å². The highest BCUT2D eigenvalue weighted by Gasteiger charge is 2.12. The quantitative estimate of drug-likeness (QED) is 0.602. The molecule has 0 saturated heterocycles. The summed E-state index contributed by atoms with van der Waals surface area (Å²) in [4.78, 5) is 27.8. The highest BCUT2D eigenvalue weighted by molar-refractivity contribution is 5.76. The second-order valence-corrected chi connectivity index (χ2v) is 5.26. The number of aryl methyl sites for hydroxylation is 1. The van der Waals surface area contributed by atoms with Crippen molar-refractivity contribution in [2.45, 2.75) is 13.5 Å². The Labute approximate surface area is 141 Å². The number of fused-ring (bicyclic) bond motifs is 1. The van der Waals surface area contributed by atoms with Crippen molar-refractivity contribution < 1.29 is 0 Å². The van der Waals surface area contributed by atoms with E-state index >= 15 is 0 Å². The van der Waals surface area contributed by atoms with Gasteiger partial charge in [-0.1, -0.05) is 0 Å². The van der Waals surface area contributed by atoms with Gasteiger partial charge in [0.2, 0.25) is 0 Å². The molecule has 0 bridgehead atoms. The van der Waals surface area contributed by atoms with Crippen molar-refractivity contribution in [1.29, 1.82) is 0 Å². The lowest BCUT2D eigenvalue weighted by atomic mass is 10.3. The number of nitrogens with one attached hydrogen (secondary N) is 1. The molecule has 0 radical (unpaired) electrons. The van der Waals surface area contributed by atoms with Crippen LogP contribution in [-0.2, 0) is 6.54 Å². The van der Waals surface area contributed by atoms with Crippen molar-refractivity contribution in [3.8, 4) is 5.95 Å². The third kappa shape index (κ3) is 2.82. The first-order valence-corrected chi connectivity index (χ1v) is 7.70. The van der Waals surface area contributed by atoms with Crippen LogP contribution in [-0.4, -0.2) is 39.5 Å². The molecule has 0 aliphatic carbocycles. The van der Waals surface area contributed by atoms with Gasteiger partial charge >= 0.3 is 0 Å². The molecule has 0 amide bonds. The van der Waals surface area contributed by atoms with Crippen LogP contribution in [0.2, 0.25) is 0 Å². The van der Waals surface area contributed by atoms with E-state index in [1.807, 2.05) is 23.9 Å². The van der Waals surface area contributed by atoms with Crippen molar-refractivity contribution in [2.75, 3.05) is 0 Å². The van der Waals surface area contributed by atoms with Crippen LogP contribution in [0.25, 0.3) is 29.1 Å². The van der Waals surface area contributed by atoms with Crippen LogP contribution < -0.4 is 5.56 Å². The normalized spacial score (nSPS) is 11.6. The third-order valence-electron chi connectivity index (χ3n) is 3.61. The van der Waals surface area contributed by atoms with Gasteiger partial charge in [0.25, 0.3) is 11.5 Å². The Balaban J connectivity index is 1.76. The Morgan fingerprint density at radius 1 is 1.16 bits per heavy atom. The molecule has 0 aliphatic heterocycles. The summed E-state index contributed by atoms with van der Waals surface area (Å²) in [5.41, 5.74) is 1.06. The largest absolute Gasteiger partial charge is 0.306 e. The summed E-state index contributed by atoms with van der Waals surface area (Å²) in [7, 11) is 0.